The highest BCUT2D eigenvalue weighted by Crippen LogP contribution is 2.17. The van der Waals surface area contributed by atoms with Crippen molar-refractivity contribution < 1.29 is 9.18 Å². The minimum atomic E-state index is -0.213. The first-order chi connectivity index (χ1) is 11.2. The van der Waals surface area contributed by atoms with Crippen LogP contribution in [-0.2, 0) is 4.79 Å². The average Bonchev–Trinajstić information content (AvgIpc) is 2.84. The first-order valence-electron chi connectivity index (χ1n) is 8.44. The van der Waals surface area contributed by atoms with E-state index in [-0.39, 0.29) is 36.5 Å². The highest BCUT2D eigenvalue weighted by molar-refractivity contribution is 5.85. The predicted molar refractivity (Wildman–Crippen MR) is 104 cm³/mol. The minimum Gasteiger partial charge on any atom is -0.368 e. The number of benzene rings is 1. The maximum atomic E-state index is 13.0. The summed E-state index contributed by atoms with van der Waals surface area (Å²) in [7, 11) is 0. The molecule has 0 aliphatic carbocycles. The normalized spacial score (nSPS) is 18.8. The zero-order chi connectivity index (χ0) is 16.1. The molecule has 1 amide bonds. The molecule has 25 heavy (non-hydrogen) atoms. The lowest BCUT2D eigenvalue weighted by molar-refractivity contribution is -0.132. The predicted octanol–water partition coefficient (Wildman–Crippen LogP) is 1.61. The molecule has 0 unspecified atom stereocenters. The molecule has 2 heterocycles. The molecule has 8 heteroatoms. The maximum absolute atomic E-state index is 13.0. The fraction of sp³-hybridized carbons (Fsp3) is 0.588. The molecule has 2 fully saturated rings. The topological polar surface area (TPSA) is 38.8 Å². The fourth-order valence-electron chi connectivity index (χ4n) is 3.22. The Balaban J connectivity index is 0.00000156. The molecule has 1 aromatic rings. The van der Waals surface area contributed by atoms with Gasteiger partial charge in [-0.05, 0) is 43.8 Å². The van der Waals surface area contributed by atoms with E-state index in [4.69, 9.17) is 0 Å². The summed E-state index contributed by atoms with van der Waals surface area (Å²) >= 11 is 0. The standard InChI is InChI=1S/C17H25FN4O.2ClH/c18-15-2-4-16(5-3-15)21-10-12-22(13-11-21)17(23)14-20-8-1-6-19-7-9-20;;/h2-5,19H,1,6-14H2;2*1H. The molecule has 0 aromatic heterocycles. The molecular formula is C17H27Cl2FN4O. The number of nitrogens with zero attached hydrogens (tertiary/aromatic N) is 3. The number of amides is 1. The van der Waals surface area contributed by atoms with Crippen LogP contribution in [0.5, 0.6) is 0 Å². The Labute approximate surface area is 161 Å². The average molecular weight is 393 g/mol. The third kappa shape index (κ3) is 6.29. The highest BCUT2D eigenvalue weighted by atomic mass is 35.5. The van der Waals surface area contributed by atoms with E-state index in [1.54, 1.807) is 12.1 Å². The van der Waals surface area contributed by atoms with E-state index >= 15 is 0 Å². The SMILES string of the molecule is Cl.Cl.O=C(CN1CCCNCC1)N1CCN(c2ccc(F)cc2)CC1. The van der Waals surface area contributed by atoms with Gasteiger partial charge in [-0.15, -0.1) is 24.8 Å². The van der Waals surface area contributed by atoms with Gasteiger partial charge in [0.05, 0.1) is 6.54 Å². The van der Waals surface area contributed by atoms with Crippen LogP contribution in [0, 0.1) is 5.82 Å². The lowest BCUT2D eigenvalue weighted by Gasteiger charge is -2.37. The van der Waals surface area contributed by atoms with E-state index in [9.17, 15) is 9.18 Å². The third-order valence-electron chi connectivity index (χ3n) is 4.62. The van der Waals surface area contributed by atoms with E-state index in [1.165, 1.54) is 12.1 Å². The molecule has 0 saturated carbocycles. The smallest absolute Gasteiger partial charge is 0.236 e. The molecule has 0 radical (unpaired) electrons. The molecule has 5 nitrogen and oxygen atoms in total. The van der Waals surface area contributed by atoms with Crippen LogP contribution in [-0.4, -0.2) is 74.6 Å². The summed E-state index contributed by atoms with van der Waals surface area (Å²) in [6.07, 6.45) is 1.10. The van der Waals surface area contributed by atoms with Gasteiger partial charge in [0, 0.05) is 45.0 Å². The maximum Gasteiger partial charge on any atom is 0.236 e. The minimum absolute atomic E-state index is 0. The lowest BCUT2D eigenvalue weighted by atomic mass is 10.2. The largest absolute Gasteiger partial charge is 0.368 e. The van der Waals surface area contributed by atoms with Crippen LogP contribution >= 0.6 is 24.8 Å². The summed E-state index contributed by atoms with van der Waals surface area (Å²) in [6.45, 7) is 7.56. The first kappa shape index (κ1) is 22.0. The summed E-state index contributed by atoms with van der Waals surface area (Å²) < 4.78 is 13.0. The second-order valence-electron chi connectivity index (χ2n) is 6.22. The number of halogens is 3. The van der Waals surface area contributed by atoms with E-state index in [2.05, 4.69) is 15.1 Å². The van der Waals surface area contributed by atoms with Crippen molar-refractivity contribution in [1.29, 1.82) is 0 Å². The molecule has 2 saturated heterocycles. The second kappa shape index (κ2) is 10.8. The number of nitrogens with one attached hydrogen (secondary N) is 1. The Morgan fingerprint density at radius 3 is 2.32 bits per heavy atom. The monoisotopic (exact) mass is 392 g/mol. The van der Waals surface area contributed by atoms with Crippen molar-refractivity contribution in [3.8, 4) is 0 Å². The quantitative estimate of drug-likeness (QED) is 0.847. The van der Waals surface area contributed by atoms with E-state index < -0.39 is 0 Å². The van der Waals surface area contributed by atoms with Gasteiger partial charge < -0.3 is 15.1 Å². The van der Waals surface area contributed by atoms with Crippen LogP contribution in [0.2, 0.25) is 0 Å². The van der Waals surface area contributed by atoms with Gasteiger partial charge in [0.15, 0.2) is 0 Å². The Kier molecular flexibility index (Phi) is 9.50. The van der Waals surface area contributed by atoms with Crippen molar-refractivity contribution >= 4 is 36.4 Å². The molecular weight excluding hydrogens is 366 g/mol. The Morgan fingerprint density at radius 1 is 0.960 bits per heavy atom. The van der Waals surface area contributed by atoms with Gasteiger partial charge in [0.25, 0.3) is 0 Å². The van der Waals surface area contributed by atoms with Gasteiger partial charge >= 0.3 is 0 Å². The van der Waals surface area contributed by atoms with E-state index in [1.807, 2.05) is 4.90 Å². The van der Waals surface area contributed by atoms with Crippen LogP contribution in [0.25, 0.3) is 0 Å². The Morgan fingerprint density at radius 2 is 1.64 bits per heavy atom. The van der Waals surface area contributed by atoms with Gasteiger partial charge in [-0.3, -0.25) is 9.69 Å². The fourth-order valence-corrected chi connectivity index (χ4v) is 3.22. The molecule has 142 valence electrons. The number of hydrogen-bond acceptors (Lipinski definition) is 4. The number of hydrogen-bond donors (Lipinski definition) is 1. The van der Waals surface area contributed by atoms with Gasteiger partial charge in [-0.2, -0.15) is 0 Å². The van der Waals surface area contributed by atoms with E-state index in [0.29, 0.717) is 6.54 Å². The van der Waals surface area contributed by atoms with Crippen molar-refractivity contribution in [2.45, 2.75) is 6.42 Å². The zero-order valence-electron chi connectivity index (χ0n) is 14.3. The van der Waals surface area contributed by atoms with Gasteiger partial charge in [0.1, 0.15) is 5.82 Å². The molecule has 1 N–H and O–H groups in total. The molecule has 0 spiro atoms. The molecule has 0 atom stereocenters. The van der Waals surface area contributed by atoms with Crippen LogP contribution in [0.4, 0.5) is 10.1 Å². The first-order valence-corrected chi connectivity index (χ1v) is 8.44. The number of rotatable bonds is 3. The second-order valence-corrected chi connectivity index (χ2v) is 6.22. The van der Waals surface area contributed by atoms with Gasteiger partial charge in [0.2, 0.25) is 5.91 Å². The van der Waals surface area contributed by atoms with Gasteiger partial charge in [-0.1, -0.05) is 0 Å². The van der Waals surface area contributed by atoms with Crippen molar-refractivity contribution in [2.75, 3.05) is 63.8 Å². The van der Waals surface area contributed by atoms with Crippen LogP contribution < -0.4 is 10.2 Å². The number of anilines is 1. The summed E-state index contributed by atoms with van der Waals surface area (Å²) in [5, 5.41) is 3.36. The summed E-state index contributed by atoms with van der Waals surface area (Å²) in [4.78, 5) is 18.9. The zero-order valence-corrected chi connectivity index (χ0v) is 16.0. The molecule has 2 aliphatic rings. The van der Waals surface area contributed by atoms with Crippen molar-refractivity contribution in [1.82, 2.24) is 15.1 Å². The van der Waals surface area contributed by atoms with Crippen LogP contribution in [0.1, 0.15) is 6.42 Å². The summed E-state index contributed by atoms with van der Waals surface area (Å²) in [5.41, 5.74) is 1.03. The van der Waals surface area contributed by atoms with Crippen molar-refractivity contribution in [2.24, 2.45) is 0 Å². The highest BCUT2D eigenvalue weighted by Gasteiger charge is 2.23. The van der Waals surface area contributed by atoms with Crippen LogP contribution in [0.15, 0.2) is 24.3 Å². The number of carbonyl (C=O) groups excluding carboxylic acids is 1. The number of piperazine rings is 1. The third-order valence-corrected chi connectivity index (χ3v) is 4.62. The van der Waals surface area contributed by atoms with Crippen LogP contribution in [0.3, 0.4) is 0 Å². The Bertz CT molecular complexity index is 516. The molecule has 3 rings (SSSR count). The number of carbonyl (C=O) groups is 1. The summed E-state index contributed by atoms with van der Waals surface area (Å²) in [6, 6.07) is 6.58. The lowest BCUT2D eigenvalue weighted by Crippen LogP contribution is -2.51. The van der Waals surface area contributed by atoms with Gasteiger partial charge in [-0.25, -0.2) is 4.39 Å². The van der Waals surface area contributed by atoms with Crippen molar-refractivity contribution in [3.63, 3.8) is 0 Å². The molecule has 1 aromatic carbocycles. The molecule has 2 aliphatic heterocycles. The molecule has 0 bridgehead atoms. The summed E-state index contributed by atoms with van der Waals surface area (Å²) in [5.74, 6) is 0.0140. The Hall–Kier alpha value is -1.08. The van der Waals surface area contributed by atoms with E-state index in [0.717, 1.165) is 64.5 Å². The van der Waals surface area contributed by atoms with Crippen molar-refractivity contribution in [3.05, 3.63) is 30.1 Å².